The summed E-state index contributed by atoms with van der Waals surface area (Å²) in [5.41, 5.74) is 3.08. The molecule has 1 aliphatic rings. The number of aryl methyl sites for hydroxylation is 1. The highest BCUT2D eigenvalue weighted by Crippen LogP contribution is 2.11. The Morgan fingerprint density at radius 3 is 2.85 bits per heavy atom. The predicted octanol–water partition coefficient (Wildman–Crippen LogP) is 1.58. The molecule has 9 heteroatoms. The van der Waals surface area contributed by atoms with Crippen molar-refractivity contribution < 1.29 is 4.79 Å². The van der Waals surface area contributed by atoms with Crippen LogP contribution in [0.15, 0.2) is 42.9 Å². The summed E-state index contributed by atoms with van der Waals surface area (Å²) in [6.07, 6.45) is 5.76. The Labute approximate surface area is 162 Å². The smallest absolute Gasteiger partial charge is 0.254 e. The van der Waals surface area contributed by atoms with Crippen LogP contribution in [0.3, 0.4) is 0 Å². The molecule has 0 saturated heterocycles. The molecule has 3 aromatic rings. The number of halogens is 1. The second-order valence-electron chi connectivity index (χ2n) is 6.07. The number of rotatable bonds is 4. The van der Waals surface area contributed by atoms with Crippen molar-refractivity contribution in [3.8, 4) is 11.5 Å². The molecule has 140 valence electrons. The molecular weight excluding hydrogens is 366 g/mol. The van der Waals surface area contributed by atoms with Gasteiger partial charge < -0.3 is 10.6 Å². The van der Waals surface area contributed by atoms with Crippen molar-refractivity contribution >= 4 is 18.3 Å². The third-order valence-electron chi connectivity index (χ3n) is 4.18. The average molecular weight is 386 g/mol. The number of fused-ring (bicyclic) bond motifs is 1. The Morgan fingerprint density at radius 2 is 2.07 bits per heavy atom. The van der Waals surface area contributed by atoms with Crippen LogP contribution in [0.2, 0.25) is 0 Å². The number of amides is 1. The molecule has 0 unspecified atom stereocenters. The Morgan fingerprint density at radius 1 is 1.22 bits per heavy atom. The molecule has 0 spiro atoms. The molecule has 0 bridgehead atoms. The zero-order valence-corrected chi connectivity index (χ0v) is 15.4. The molecule has 27 heavy (non-hydrogen) atoms. The third kappa shape index (κ3) is 4.47. The van der Waals surface area contributed by atoms with Gasteiger partial charge in [0.15, 0.2) is 5.82 Å². The third-order valence-corrected chi connectivity index (χ3v) is 4.18. The molecular formula is C18H20ClN7O. The average Bonchev–Trinajstić information content (AvgIpc) is 2.96. The number of nitrogens with one attached hydrogen (secondary N) is 2. The van der Waals surface area contributed by atoms with Gasteiger partial charge in [0.2, 0.25) is 0 Å². The first-order chi connectivity index (χ1) is 12.8. The van der Waals surface area contributed by atoms with Crippen molar-refractivity contribution in [2.24, 2.45) is 0 Å². The highest BCUT2D eigenvalue weighted by Gasteiger charge is 2.13. The molecule has 1 amide bonds. The molecule has 0 radical (unpaired) electrons. The van der Waals surface area contributed by atoms with Gasteiger partial charge in [0.25, 0.3) is 5.91 Å². The summed E-state index contributed by atoms with van der Waals surface area (Å²) in [4.78, 5) is 25.0. The Kier molecular flexibility index (Phi) is 6.10. The monoisotopic (exact) mass is 385 g/mol. The minimum absolute atomic E-state index is 0. The lowest BCUT2D eigenvalue weighted by molar-refractivity contribution is 0.0949. The van der Waals surface area contributed by atoms with Gasteiger partial charge in [-0.15, -0.1) is 12.4 Å². The van der Waals surface area contributed by atoms with Crippen LogP contribution in [0, 0.1) is 0 Å². The fraction of sp³-hybridized carbons (Fsp3) is 0.278. The van der Waals surface area contributed by atoms with Crippen LogP contribution in [-0.4, -0.2) is 37.2 Å². The Balaban J connectivity index is 0.00000210. The van der Waals surface area contributed by atoms with Gasteiger partial charge in [0, 0.05) is 31.7 Å². The quantitative estimate of drug-likeness (QED) is 0.707. The van der Waals surface area contributed by atoms with E-state index in [1.807, 2.05) is 28.9 Å². The van der Waals surface area contributed by atoms with E-state index in [1.54, 1.807) is 6.20 Å². The zero-order valence-electron chi connectivity index (χ0n) is 14.6. The van der Waals surface area contributed by atoms with E-state index >= 15 is 0 Å². The highest BCUT2D eigenvalue weighted by atomic mass is 35.5. The summed E-state index contributed by atoms with van der Waals surface area (Å²) in [7, 11) is 0. The van der Waals surface area contributed by atoms with Crippen LogP contribution in [0.25, 0.3) is 11.5 Å². The first-order valence-corrected chi connectivity index (χ1v) is 8.57. The predicted molar refractivity (Wildman–Crippen MR) is 102 cm³/mol. The number of hydrogen-bond donors (Lipinski definition) is 2. The Hall–Kier alpha value is -2.84. The van der Waals surface area contributed by atoms with Gasteiger partial charge in [0.1, 0.15) is 5.69 Å². The highest BCUT2D eigenvalue weighted by molar-refractivity contribution is 5.93. The molecule has 1 aliphatic heterocycles. The van der Waals surface area contributed by atoms with Gasteiger partial charge in [-0.25, -0.2) is 9.97 Å². The number of carbonyl (C=O) groups excluding carboxylic acids is 1. The van der Waals surface area contributed by atoms with Crippen LogP contribution >= 0.6 is 12.4 Å². The molecule has 2 N–H and O–H groups in total. The normalized spacial score (nSPS) is 13.2. The van der Waals surface area contributed by atoms with Crippen molar-refractivity contribution in [2.45, 2.75) is 26.1 Å². The second-order valence-corrected chi connectivity index (χ2v) is 6.07. The van der Waals surface area contributed by atoms with Gasteiger partial charge in [-0.1, -0.05) is 6.07 Å². The summed E-state index contributed by atoms with van der Waals surface area (Å²) >= 11 is 0. The van der Waals surface area contributed by atoms with E-state index in [0.717, 1.165) is 37.4 Å². The minimum atomic E-state index is -0.223. The molecule has 4 rings (SSSR count). The van der Waals surface area contributed by atoms with Crippen LogP contribution in [0.4, 0.5) is 0 Å². The number of pyridine rings is 1. The summed E-state index contributed by atoms with van der Waals surface area (Å²) in [5, 5.41) is 10.8. The summed E-state index contributed by atoms with van der Waals surface area (Å²) in [6.45, 7) is 3.09. The first-order valence-electron chi connectivity index (χ1n) is 8.57. The van der Waals surface area contributed by atoms with E-state index in [0.29, 0.717) is 23.6 Å². The lowest BCUT2D eigenvalue weighted by Crippen LogP contribution is -2.23. The number of hydrogen-bond acceptors (Lipinski definition) is 6. The summed E-state index contributed by atoms with van der Waals surface area (Å²) < 4.78 is 2.01. The molecule has 3 aromatic heterocycles. The number of carbonyl (C=O) groups is 1. The van der Waals surface area contributed by atoms with Gasteiger partial charge in [-0.2, -0.15) is 5.10 Å². The van der Waals surface area contributed by atoms with Crippen LogP contribution in [-0.2, 0) is 19.6 Å². The summed E-state index contributed by atoms with van der Waals surface area (Å²) in [5.74, 6) is 0.270. The van der Waals surface area contributed by atoms with E-state index in [-0.39, 0.29) is 18.3 Å². The van der Waals surface area contributed by atoms with Gasteiger partial charge >= 0.3 is 0 Å². The van der Waals surface area contributed by atoms with Crippen molar-refractivity contribution in [3.05, 3.63) is 59.8 Å². The maximum Gasteiger partial charge on any atom is 0.254 e. The van der Waals surface area contributed by atoms with Gasteiger partial charge in [0.05, 0.1) is 23.5 Å². The molecule has 0 aliphatic carbocycles. The van der Waals surface area contributed by atoms with E-state index in [2.05, 4.69) is 30.7 Å². The molecule has 0 aromatic carbocycles. The van der Waals surface area contributed by atoms with E-state index in [1.165, 1.54) is 12.4 Å². The number of aromatic nitrogens is 5. The lowest BCUT2D eigenvalue weighted by atomic mass is 10.3. The van der Waals surface area contributed by atoms with Gasteiger partial charge in [-0.3, -0.25) is 14.5 Å². The fourth-order valence-electron chi connectivity index (χ4n) is 2.85. The van der Waals surface area contributed by atoms with Crippen molar-refractivity contribution in [1.82, 2.24) is 35.4 Å². The fourth-order valence-corrected chi connectivity index (χ4v) is 2.85. The van der Waals surface area contributed by atoms with Crippen LogP contribution in [0.5, 0.6) is 0 Å². The largest absolute Gasteiger partial charge is 0.346 e. The maximum atomic E-state index is 12.3. The van der Waals surface area contributed by atoms with E-state index in [4.69, 9.17) is 0 Å². The lowest BCUT2D eigenvalue weighted by Gasteiger charge is -2.04. The topological polar surface area (TPSA) is 97.6 Å². The molecule has 0 fully saturated rings. The van der Waals surface area contributed by atoms with Crippen LogP contribution in [0.1, 0.15) is 28.2 Å². The van der Waals surface area contributed by atoms with Crippen molar-refractivity contribution in [1.29, 1.82) is 0 Å². The molecule has 0 saturated carbocycles. The Bertz CT molecular complexity index is 872. The first kappa shape index (κ1) is 18.9. The second kappa shape index (κ2) is 8.70. The SMILES string of the molecule is Cl.O=C(NCc1cc2n(n1)CCCNC2)c1cnc(-c2ccccn2)nc1. The van der Waals surface area contributed by atoms with Crippen molar-refractivity contribution in [2.75, 3.05) is 6.54 Å². The minimum Gasteiger partial charge on any atom is -0.346 e. The van der Waals surface area contributed by atoms with E-state index < -0.39 is 0 Å². The molecule has 8 nitrogen and oxygen atoms in total. The number of nitrogens with zero attached hydrogens (tertiary/aromatic N) is 5. The summed E-state index contributed by atoms with van der Waals surface area (Å²) in [6, 6.07) is 7.55. The maximum absolute atomic E-state index is 12.3. The molecule has 4 heterocycles. The van der Waals surface area contributed by atoms with Gasteiger partial charge in [-0.05, 0) is 31.2 Å². The van der Waals surface area contributed by atoms with E-state index in [9.17, 15) is 4.79 Å². The molecule has 0 atom stereocenters. The van der Waals surface area contributed by atoms with Crippen molar-refractivity contribution in [3.63, 3.8) is 0 Å². The standard InChI is InChI=1S/C18H19N7O.ClH/c26-18(13-9-21-17(22-10-13)16-4-1-2-6-20-16)23-11-14-8-15-12-19-5-3-7-25(15)24-14;/h1-2,4,6,8-10,19H,3,5,7,11-12H2,(H,23,26);1H. The zero-order chi connectivity index (χ0) is 17.8. The van der Waals surface area contributed by atoms with Crippen LogP contribution < -0.4 is 10.6 Å².